The lowest BCUT2D eigenvalue weighted by Crippen LogP contribution is -2.54. The van der Waals surface area contributed by atoms with E-state index in [2.05, 4.69) is 30.5 Å². The number of piperazine rings is 1. The van der Waals surface area contributed by atoms with Gasteiger partial charge in [-0.1, -0.05) is 0 Å². The molecule has 0 bridgehead atoms. The Balaban J connectivity index is 0.785. The second-order valence-electron chi connectivity index (χ2n) is 16.1. The van der Waals surface area contributed by atoms with Crippen LogP contribution in [0.5, 0.6) is 5.75 Å². The zero-order chi connectivity index (χ0) is 40.2. The van der Waals surface area contributed by atoms with Crippen LogP contribution in [0.3, 0.4) is 0 Å². The molecule has 16 heteroatoms. The molecule has 0 spiro atoms. The molecule has 1 aliphatic carbocycles. The minimum atomic E-state index is -0.986. The highest BCUT2D eigenvalue weighted by atomic mass is 16.5. The van der Waals surface area contributed by atoms with Crippen LogP contribution in [0.1, 0.15) is 99.4 Å². The van der Waals surface area contributed by atoms with E-state index in [0.717, 1.165) is 74.6 Å². The van der Waals surface area contributed by atoms with Gasteiger partial charge in [0, 0.05) is 75.4 Å². The van der Waals surface area contributed by atoms with Crippen molar-refractivity contribution in [3.63, 3.8) is 0 Å². The number of amides is 6. The van der Waals surface area contributed by atoms with E-state index in [-0.39, 0.29) is 42.4 Å². The third-order valence-electron chi connectivity index (χ3n) is 12.1. The first-order valence-corrected chi connectivity index (χ1v) is 20.1. The van der Waals surface area contributed by atoms with E-state index >= 15 is 0 Å². The Bertz CT molecular complexity index is 2360. The SMILES string of the molecule is CC(C)Oc1cc2c(cc1NC(=O)c1cnn3cccnc13)CN([C@H]1CC[C@H](CN3CCN(c4ccc5c(c4)C(=O)N(C4CCC(=O)NC4=O)C5=O)CC3)CC1)C2=O. The highest BCUT2D eigenvalue weighted by molar-refractivity contribution is 6.23. The highest BCUT2D eigenvalue weighted by Crippen LogP contribution is 2.39. The molecule has 5 aliphatic rings. The molecular formula is C42H45N9O7. The van der Waals surface area contributed by atoms with Crippen molar-refractivity contribution in [2.75, 3.05) is 42.9 Å². The maximum absolute atomic E-state index is 13.8. The summed E-state index contributed by atoms with van der Waals surface area (Å²) in [6.07, 6.45) is 8.75. The van der Waals surface area contributed by atoms with Crippen LogP contribution in [0.25, 0.3) is 5.65 Å². The second-order valence-corrected chi connectivity index (χ2v) is 16.1. The smallest absolute Gasteiger partial charge is 0.262 e. The third-order valence-corrected chi connectivity index (χ3v) is 12.1. The van der Waals surface area contributed by atoms with E-state index in [1.54, 1.807) is 41.2 Å². The van der Waals surface area contributed by atoms with Crippen molar-refractivity contribution in [3.8, 4) is 5.75 Å². The maximum Gasteiger partial charge on any atom is 0.262 e. The van der Waals surface area contributed by atoms with Crippen LogP contribution in [0.15, 0.2) is 55.0 Å². The first kappa shape index (κ1) is 37.4. The van der Waals surface area contributed by atoms with Gasteiger partial charge in [0.15, 0.2) is 5.65 Å². The number of aromatic nitrogens is 3. The molecule has 9 rings (SSSR count). The van der Waals surface area contributed by atoms with E-state index in [1.807, 2.05) is 30.9 Å². The molecule has 1 unspecified atom stereocenters. The van der Waals surface area contributed by atoms with Gasteiger partial charge in [0.05, 0.1) is 29.1 Å². The molecular weight excluding hydrogens is 743 g/mol. The molecule has 4 aromatic rings. The zero-order valence-corrected chi connectivity index (χ0v) is 32.5. The summed E-state index contributed by atoms with van der Waals surface area (Å²) < 4.78 is 7.65. The lowest BCUT2D eigenvalue weighted by Gasteiger charge is -2.40. The summed E-state index contributed by atoms with van der Waals surface area (Å²) in [7, 11) is 0. The average molecular weight is 788 g/mol. The molecule has 1 saturated carbocycles. The molecule has 6 heterocycles. The van der Waals surface area contributed by atoms with Gasteiger partial charge >= 0.3 is 0 Å². The van der Waals surface area contributed by atoms with Gasteiger partial charge in [-0.15, -0.1) is 0 Å². The van der Waals surface area contributed by atoms with Crippen LogP contribution in [-0.2, 0) is 16.1 Å². The van der Waals surface area contributed by atoms with Crippen molar-refractivity contribution >= 4 is 52.5 Å². The van der Waals surface area contributed by atoms with Crippen molar-refractivity contribution in [2.24, 2.45) is 5.92 Å². The predicted octanol–water partition coefficient (Wildman–Crippen LogP) is 3.51. The number of hydrogen-bond acceptors (Lipinski definition) is 11. The van der Waals surface area contributed by atoms with Crippen molar-refractivity contribution in [1.29, 1.82) is 0 Å². The Morgan fingerprint density at radius 3 is 2.45 bits per heavy atom. The molecule has 0 radical (unpaired) electrons. The quantitative estimate of drug-likeness (QED) is 0.237. The van der Waals surface area contributed by atoms with Gasteiger partial charge in [0.2, 0.25) is 11.8 Å². The molecule has 2 aromatic heterocycles. The van der Waals surface area contributed by atoms with Gasteiger partial charge in [-0.3, -0.25) is 43.9 Å². The number of hydrogen-bond donors (Lipinski definition) is 2. The second kappa shape index (κ2) is 15.0. The van der Waals surface area contributed by atoms with Gasteiger partial charge < -0.3 is 19.9 Å². The topological polar surface area (TPSA) is 179 Å². The van der Waals surface area contributed by atoms with Crippen molar-refractivity contribution < 1.29 is 33.5 Å². The fraction of sp³-hybridized carbons (Fsp3) is 0.429. The molecule has 300 valence electrons. The van der Waals surface area contributed by atoms with E-state index in [9.17, 15) is 28.8 Å². The Hall–Kier alpha value is -6.16. The van der Waals surface area contributed by atoms with Crippen LogP contribution in [0, 0.1) is 5.92 Å². The van der Waals surface area contributed by atoms with E-state index in [1.165, 1.54) is 6.20 Å². The molecule has 16 nitrogen and oxygen atoms in total. The minimum absolute atomic E-state index is 0.00538. The van der Waals surface area contributed by atoms with E-state index < -0.39 is 29.7 Å². The molecule has 2 aromatic carbocycles. The van der Waals surface area contributed by atoms with Crippen molar-refractivity contribution in [1.82, 2.24) is 34.6 Å². The van der Waals surface area contributed by atoms with Crippen LogP contribution in [0.4, 0.5) is 11.4 Å². The summed E-state index contributed by atoms with van der Waals surface area (Å²) in [5.41, 5.74) is 4.19. The van der Waals surface area contributed by atoms with Gasteiger partial charge in [-0.2, -0.15) is 5.10 Å². The first-order valence-electron chi connectivity index (χ1n) is 20.1. The third kappa shape index (κ3) is 6.84. The number of carbonyl (C=O) groups is 6. The van der Waals surface area contributed by atoms with Crippen molar-refractivity contribution in [3.05, 3.63) is 82.8 Å². The van der Waals surface area contributed by atoms with Crippen LogP contribution in [-0.4, -0.2) is 116 Å². The summed E-state index contributed by atoms with van der Waals surface area (Å²) in [5.74, 6) is -1.42. The van der Waals surface area contributed by atoms with Gasteiger partial charge in [0.1, 0.15) is 17.4 Å². The van der Waals surface area contributed by atoms with Gasteiger partial charge in [0.25, 0.3) is 23.6 Å². The minimum Gasteiger partial charge on any atom is -0.489 e. The predicted molar refractivity (Wildman–Crippen MR) is 211 cm³/mol. The van der Waals surface area contributed by atoms with E-state index in [0.29, 0.717) is 46.2 Å². The molecule has 3 fully saturated rings. The number of imide groups is 2. The number of nitrogens with one attached hydrogen (secondary N) is 2. The number of ether oxygens (including phenoxy) is 1. The summed E-state index contributed by atoms with van der Waals surface area (Å²) in [5, 5.41) is 9.47. The number of benzene rings is 2. The monoisotopic (exact) mass is 787 g/mol. The van der Waals surface area contributed by atoms with Crippen LogP contribution in [0.2, 0.25) is 0 Å². The van der Waals surface area contributed by atoms with E-state index in [4.69, 9.17) is 4.74 Å². The van der Waals surface area contributed by atoms with Crippen LogP contribution < -0.4 is 20.3 Å². The normalized spacial score (nSPS) is 22.5. The standard InChI is InChI=1S/C42H45N9O7/c1-24(2)58-35-20-30-26(18-33(35)45-38(53)32-21-44-50-13-3-12-43-37(32)50)23-49(40(30)55)27-6-4-25(5-7-27)22-47-14-16-48(17-15-47)28-8-9-29-31(19-28)42(57)51(41(29)56)34-10-11-36(52)46-39(34)54/h3,8-9,12-13,18-21,24-25,27,34H,4-7,10-11,14-17,22-23H2,1-2H3,(H,45,53)(H,46,52,54)/t25-,27-,34?. The number of anilines is 2. The Kier molecular flexibility index (Phi) is 9.66. The lowest BCUT2D eigenvalue weighted by atomic mass is 9.85. The Labute approximate surface area is 334 Å². The molecule has 6 amide bonds. The average Bonchev–Trinajstić information content (AvgIpc) is 3.86. The van der Waals surface area contributed by atoms with Crippen LogP contribution >= 0.6 is 0 Å². The summed E-state index contributed by atoms with van der Waals surface area (Å²) in [6, 6.07) is 9.81. The molecule has 2 saturated heterocycles. The largest absolute Gasteiger partial charge is 0.489 e. The number of carbonyl (C=O) groups excluding carboxylic acids is 6. The molecule has 1 atom stereocenters. The lowest BCUT2D eigenvalue weighted by molar-refractivity contribution is -0.136. The number of fused-ring (bicyclic) bond motifs is 3. The Morgan fingerprint density at radius 2 is 1.69 bits per heavy atom. The zero-order valence-electron chi connectivity index (χ0n) is 32.5. The Morgan fingerprint density at radius 1 is 0.914 bits per heavy atom. The maximum atomic E-state index is 13.8. The molecule has 4 aliphatic heterocycles. The fourth-order valence-electron chi connectivity index (χ4n) is 9.13. The fourth-order valence-corrected chi connectivity index (χ4v) is 9.13. The molecule has 58 heavy (non-hydrogen) atoms. The highest BCUT2D eigenvalue weighted by Gasteiger charge is 2.45. The molecule has 2 N–H and O–H groups in total. The van der Waals surface area contributed by atoms with Gasteiger partial charge in [-0.05, 0) is 93.8 Å². The number of rotatable bonds is 9. The number of piperidine rings is 1. The van der Waals surface area contributed by atoms with Gasteiger partial charge in [-0.25, -0.2) is 9.50 Å². The summed E-state index contributed by atoms with van der Waals surface area (Å²) in [6.45, 7) is 8.54. The summed E-state index contributed by atoms with van der Waals surface area (Å²) >= 11 is 0. The first-order chi connectivity index (χ1) is 28.0. The number of nitrogens with zero attached hydrogens (tertiary/aromatic N) is 7. The van der Waals surface area contributed by atoms with Crippen molar-refractivity contribution in [2.45, 2.75) is 77.1 Å². The summed E-state index contributed by atoms with van der Waals surface area (Å²) in [4.78, 5) is 89.8.